The number of aliphatic imine (C=N–C) groups is 1. The van der Waals surface area contributed by atoms with E-state index in [2.05, 4.69) is 25.1 Å². The zero-order valence-corrected chi connectivity index (χ0v) is 26.6. The fourth-order valence-corrected chi connectivity index (χ4v) is 5.18. The molecule has 0 radical (unpaired) electrons. The molecule has 1 aliphatic rings. The van der Waals surface area contributed by atoms with Crippen LogP contribution in [0.4, 0.5) is 34.0 Å². The number of hydrogen-bond donors (Lipinski definition) is 1. The molecule has 0 atom stereocenters. The van der Waals surface area contributed by atoms with E-state index in [1.807, 2.05) is 25.1 Å². The van der Waals surface area contributed by atoms with Crippen molar-refractivity contribution in [3.63, 3.8) is 0 Å². The number of carbonyl (C=O) groups excluding carboxylic acids is 2. The van der Waals surface area contributed by atoms with E-state index in [-0.39, 0.29) is 41.2 Å². The van der Waals surface area contributed by atoms with E-state index in [1.54, 1.807) is 38.1 Å². The van der Waals surface area contributed by atoms with E-state index >= 15 is 0 Å². The summed E-state index contributed by atoms with van der Waals surface area (Å²) in [6, 6.07) is 9.83. The molecule has 1 aromatic heterocycles. The Morgan fingerprint density at radius 2 is 1.94 bits per heavy atom. The number of anilines is 2. The molecule has 11 nitrogen and oxygen atoms in total. The van der Waals surface area contributed by atoms with Gasteiger partial charge in [-0.05, 0) is 61.4 Å². The van der Waals surface area contributed by atoms with Crippen molar-refractivity contribution in [3.05, 3.63) is 95.7 Å². The van der Waals surface area contributed by atoms with Crippen LogP contribution in [-0.2, 0) is 16.1 Å². The van der Waals surface area contributed by atoms with Crippen molar-refractivity contribution < 1.29 is 36.6 Å². The van der Waals surface area contributed by atoms with E-state index in [0.717, 1.165) is 22.9 Å². The lowest BCUT2D eigenvalue weighted by molar-refractivity contribution is -0.274. The maximum absolute atomic E-state index is 13.8. The number of halogens is 4. The summed E-state index contributed by atoms with van der Waals surface area (Å²) < 4.78 is 61.6. The highest BCUT2D eigenvalue weighted by Gasteiger charge is 2.32. The van der Waals surface area contributed by atoms with Crippen molar-refractivity contribution in [3.8, 4) is 11.4 Å². The molecule has 0 saturated carbocycles. The molecule has 3 aromatic rings. The van der Waals surface area contributed by atoms with Gasteiger partial charge in [0.2, 0.25) is 11.9 Å². The average Bonchev–Trinajstić information content (AvgIpc) is 3.66. The lowest BCUT2D eigenvalue weighted by Crippen LogP contribution is -2.32. The maximum Gasteiger partial charge on any atom is 0.573 e. The summed E-state index contributed by atoms with van der Waals surface area (Å²) in [5.74, 6) is -0.205. The molecule has 47 heavy (non-hydrogen) atoms. The van der Waals surface area contributed by atoms with Crippen LogP contribution in [0.5, 0.6) is 5.75 Å². The lowest BCUT2D eigenvalue weighted by Gasteiger charge is -2.20. The van der Waals surface area contributed by atoms with Crippen LogP contribution in [-0.4, -0.2) is 64.7 Å². The number of benzene rings is 2. The Bertz CT molecular complexity index is 1720. The minimum atomic E-state index is -4.79. The fraction of sp³-hybridized carbons (Fsp3) is 0.258. The summed E-state index contributed by atoms with van der Waals surface area (Å²) in [5.41, 5.74) is 3.22. The fourth-order valence-electron chi connectivity index (χ4n) is 4.32. The molecular weight excluding hydrogens is 642 g/mol. The maximum atomic E-state index is 13.8. The number of thioether (sulfide) groups is 1. The highest BCUT2D eigenvalue weighted by atomic mass is 32.2. The van der Waals surface area contributed by atoms with Crippen molar-refractivity contribution in [2.45, 2.75) is 26.8 Å². The van der Waals surface area contributed by atoms with Gasteiger partial charge in [-0.1, -0.05) is 36.0 Å². The Labute approximate surface area is 272 Å². The zero-order chi connectivity index (χ0) is 34.1. The third-order valence-electron chi connectivity index (χ3n) is 6.54. The molecule has 4 rings (SSSR count). The van der Waals surface area contributed by atoms with Gasteiger partial charge in [0.05, 0.1) is 29.4 Å². The first kappa shape index (κ1) is 34.9. The van der Waals surface area contributed by atoms with Gasteiger partial charge < -0.3 is 19.7 Å². The first-order chi connectivity index (χ1) is 22.4. The number of urea groups is 1. The van der Waals surface area contributed by atoms with Crippen molar-refractivity contribution in [1.82, 2.24) is 20.1 Å². The molecule has 0 bridgehead atoms. The smallest absolute Gasteiger partial charge is 0.406 e. The van der Waals surface area contributed by atoms with Gasteiger partial charge in [-0.15, -0.1) is 18.3 Å². The van der Waals surface area contributed by atoms with Crippen molar-refractivity contribution in [2.24, 2.45) is 4.99 Å². The Morgan fingerprint density at radius 1 is 1.19 bits per heavy atom. The second-order valence-electron chi connectivity index (χ2n) is 10.1. The monoisotopic (exact) mass is 673 g/mol. The van der Waals surface area contributed by atoms with Gasteiger partial charge in [-0.2, -0.15) is 9.98 Å². The van der Waals surface area contributed by atoms with Crippen LogP contribution in [0, 0.1) is 6.92 Å². The highest BCUT2D eigenvalue weighted by molar-refractivity contribution is 8.15. The standard InChI is InChI=1S/C31H31F4N7O4S/c1-5-21(16-40(3)28-36-19-41(39-28)24-10-12-25(13-11-24)46-31(33,34)35)7-9-23(15-32)37-29(44)38-30-42(27(43)18-47-30)26-14-20(2)6-8-22(26)17-45-4/h5-15,19H,16-18H2,1-4H3,(H,37,44)/b9-7-,21-5+,23-15-,38-30?. The molecule has 0 aliphatic carbocycles. The van der Waals surface area contributed by atoms with E-state index in [0.29, 0.717) is 29.4 Å². The van der Waals surface area contributed by atoms with Gasteiger partial charge in [-0.3, -0.25) is 9.69 Å². The normalized spacial score (nSPS) is 15.2. The molecular formula is C31H31F4N7O4S. The molecule has 2 heterocycles. The summed E-state index contributed by atoms with van der Waals surface area (Å²) in [7, 11) is 3.26. The van der Waals surface area contributed by atoms with E-state index in [1.165, 1.54) is 46.3 Å². The molecule has 1 saturated heterocycles. The SMILES string of the molecule is C\C=C(/C=C\C(=C\F)NC(=O)N=C1SCC(=O)N1c1cc(C)ccc1COC)CN(C)c1ncn(-c2ccc(OC(F)(F)F)cc2)n1. The highest BCUT2D eigenvalue weighted by Crippen LogP contribution is 2.31. The first-order valence-corrected chi connectivity index (χ1v) is 15.0. The topological polar surface area (TPSA) is 114 Å². The zero-order valence-electron chi connectivity index (χ0n) is 25.8. The van der Waals surface area contributed by atoms with Gasteiger partial charge in [0, 0.05) is 26.3 Å². The summed E-state index contributed by atoms with van der Waals surface area (Å²) in [4.78, 5) is 36.9. The van der Waals surface area contributed by atoms with Crippen LogP contribution >= 0.6 is 11.8 Å². The lowest BCUT2D eigenvalue weighted by atomic mass is 10.1. The number of nitrogens with zero attached hydrogens (tertiary/aromatic N) is 6. The molecule has 1 fully saturated rings. The van der Waals surface area contributed by atoms with E-state index in [4.69, 9.17) is 4.74 Å². The van der Waals surface area contributed by atoms with Crippen LogP contribution < -0.4 is 19.9 Å². The second kappa shape index (κ2) is 15.6. The summed E-state index contributed by atoms with van der Waals surface area (Å²) in [6.07, 6.45) is 1.57. The van der Waals surface area contributed by atoms with Crippen LogP contribution in [0.15, 0.2) is 89.6 Å². The summed E-state index contributed by atoms with van der Waals surface area (Å²) in [5, 5.41) is 6.91. The van der Waals surface area contributed by atoms with E-state index in [9.17, 15) is 27.2 Å². The third-order valence-corrected chi connectivity index (χ3v) is 7.46. The molecule has 0 unspecified atom stereocenters. The number of aryl methyl sites for hydroxylation is 1. The molecule has 1 N–H and O–H groups in total. The van der Waals surface area contributed by atoms with Gasteiger partial charge >= 0.3 is 12.4 Å². The Hall–Kier alpha value is -4.96. The van der Waals surface area contributed by atoms with Crippen molar-refractivity contribution in [1.29, 1.82) is 0 Å². The van der Waals surface area contributed by atoms with Crippen LogP contribution in [0.1, 0.15) is 18.1 Å². The van der Waals surface area contributed by atoms with Crippen LogP contribution in [0.3, 0.4) is 0 Å². The Balaban J connectivity index is 1.39. The van der Waals surface area contributed by atoms with Gasteiger partial charge in [-0.25, -0.2) is 13.9 Å². The first-order valence-electron chi connectivity index (χ1n) is 14.0. The Kier molecular flexibility index (Phi) is 11.6. The predicted octanol–water partition coefficient (Wildman–Crippen LogP) is 6.22. The minimum absolute atomic E-state index is 0.0899. The number of likely N-dealkylation sites (N-methyl/N-ethyl adjacent to an activating group) is 1. The average molecular weight is 674 g/mol. The quantitative estimate of drug-likeness (QED) is 0.189. The molecule has 1 aliphatic heterocycles. The van der Waals surface area contributed by atoms with Crippen LogP contribution in [0.2, 0.25) is 0 Å². The number of alkyl halides is 3. The molecule has 248 valence electrons. The number of amidine groups is 1. The number of hydrogen-bond acceptors (Lipinski definition) is 8. The number of methoxy groups -OCH3 is 1. The molecule has 3 amide bonds. The van der Waals surface area contributed by atoms with Crippen molar-refractivity contribution in [2.75, 3.05) is 36.3 Å². The Morgan fingerprint density at radius 3 is 2.60 bits per heavy atom. The predicted molar refractivity (Wildman–Crippen MR) is 171 cm³/mol. The minimum Gasteiger partial charge on any atom is -0.406 e. The van der Waals surface area contributed by atoms with Gasteiger partial charge in [0.15, 0.2) is 5.17 Å². The van der Waals surface area contributed by atoms with Crippen molar-refractivity contribution >= 4 is 40.5 Å². The number of nitrogens with one attached hydrogen (secondary N) is 1. The molecule has 16 heteroatoms. The largest absolute Gasteiger partial charge is 0.573 e. The van der Waals surface area contributed by atoms with Gasteiger partial charge in [0.25, 0.3) is 0 Å². The third kappa shape index (κ3) is 9.52. The summed E-state index contributed by atoms with van der Waals surface area (Å²) in [6.45, 7) is 4.20. The molecule has 2 aromatic carbocycles. The number of carbonyl (C=O) groups is 2. The summed E-state index contributed by atoms with van der Waals surface area (Å²) >= 11 is 1.10. The molecule has 0 spiro atoms. The number of rotatable bonds is 11. The number of aromatic nitrogens is 3. The second-order valence-corrected chi connectivity index (χ2v) is 11.0. The number of allylic oxidation sites excluding steroid dienone is 2. The van der Waals surface area contributed by atoms with E-state index < -0.39 is 12.4 Å². The van der Waals surface area contributed by atoms with Gasteiger partial charge in [0.1, 0.15) is 18.4 Å². The number of amides is 3. The number of ether oxygens (including phenoxy) is 2. The van der Waals surface area contributed by atoms with Crippen LogP contribution in [0.25, 0.3) is 5.69 Å².